The van der Waals surface area contributed by atoms with Crippen LogP contribution in [0.2, 0.25) is 0 Å². The summed E-state index contributed by atoms with van der Waals surface area (Å²) < 4.78 is 5.02. The molecule has 1 aliphatic rings. The van der Waals surface area contributed by atoms with Crippen LogP contribution in [0.15, 0.2) is 0 Å². The molecule has 1 fully saturated rings. The molecule has 1 aliphatic carbocycles. The summed E-state index contributed by atoms with van der Waals surface area (Å²) in [6, 6.07) is 0.303. The summed E-state index contributed by atoms with van der Waals surface area (Å²) in [5, 5.41) is 3.29. The van der Waals surface area contributed by atoms with Crippen LogP contribution in [0.5, 0.6) is 0 Å². The van der Waals surface area contributed by atoms with Crippen LogP contribution < -0.4 is 5.32 Å². The summed E-state index contributed by atoms with van der Waals surface area (Å²) in [5.74, 6) is 0.586. The van der Waals surface area contributed by atoms with Crippen LogP contribution >= 0.6 is 0 Å². The molecular weight excluding hydrogens is 202 g/mol. The predicted octanol–water partition coefficient (Wildman–Crippen LogP) is 2.50. The van der Waals surface area contributed by atoms with E-state index in [0.29, 0.717) is 25.0 Å². The molecule has 0 radical (unpaired) electrons. The molecule has 1 unspecified atom stereocenters. The molecular formula is C13H25NO2. The van der Waals surface area contributed by atoms with E-state index in [1.165, 1.54) is 38.5 Å². The van der Waals surface area contributed by atoms with Crippen molar-refractivity contribution >= 4 is 5.97 Å². The number of hydrogen-bond acceptors (Lipinski definition) is 3. The summed E-state index contributed by atoms with van der Waals surface area (Å²) in [7, 11) is 1.95. The number of esters is 1. The Kier molecular flexibility index (Phi) is 6.46. The number of carbonyl (C=O) groups is 1. The highest BCUT2D eigenvalue weighted by molar-refractivity contribution is 5.70. The van der Waals surface area contributed by atoms with Crippen LogP contribution in [0.1, 0.15) is 51.9 Å². The van der Waals surface area contributed by atoms with Gasteiger partial charge in [0.2, 0.25) is 0 Å². The molecule has 0 amide bonds. The molecule has 0 aromatic rings. The minimum Gasteiger partial charge on any atom is -0.466 e. The lowest BCUT2D eigenvalue weighted by molar-refractivity contribution is -0.144. The summed E-state index contributed by atoms with van der Waals surface area (Å²) >= 11 is 0. The third-order valence-corrected chi connectivity index (χ3v) is 3.53. The van der Waals surface area contributed by atoms with Crippen LogP contribution in [-0.2, 0) is 9.53 Å². The zero-order valence-corrected chi connectivity index (χ0v) is 10.6. The fraction of sp³-hybridized carbons (Fsp3) is 0.923. The van der Waals surface area contributed by atoms with Crippen molar-refractivity contribution in [3.63, 3.8) is 0 Å². The van der Waals surface area contributed by atoms with Gasteiger partial charge in [0.15, 0.2) is 0 Å². The first-order valence-electron chi connectivity index (χ1n) is 6.60. The average Bonchev–Trinajstić information content (AvgIpc) is 2.55. The van der Waals surface area contributed by atoms with Gasteiger partial charge in [-0.25, -0.2) is 0 Å². The third kappa shape index (κ3) is 4.52. The minimum absolute atomic E-state index is 0.0638. The first-order valence-corrected chi connectivity index (χ1v) is 6.60. The summed E-state index contributed by atoms with van der Waals surface area (Å²) in [6.45, 7) is 2.35. The SMILES string of the molecule is CCOC(=O)CC(NC)C1CCCCCC1. The summed E-state index contributed by atoms with van der Waals surface area (Å²) in [5.41, 5.74) is 0. The maximum absolute atomic E-state index is 11.5. The number of rotatable bonds is 5. The highest BCUT2D eigenvalue weighted by Gasteiger charge is 2.23. The molecule has 0 aliphatic heterocycles. The van der Waals surface area contributed by atoms with Gasteiger partial charge >= 0.3 is 5.97 Å². The lowest BCUT2D eigenvalue weighted by Crippen LogP contribution is -2.36. The zero-order valence-electron chi connectivity index (χ0n) is 10.6. The second-order valence-corrected chi connectivity index (χ2v) is 4.66. The Hall–Kier alpha value is -0.570. The highest BCUT2D eigenvalue weighted by Crippen LogP contribution is 2.26. The van der Waals surface area contributed by atoms with Crippen molar-refractivity contribution < 1.29 is 9.53 Å². The minimum atomic E-state index is -0.0638. The number of ether oxygens (including phenoxy) is 1. The Bertz CT molecular complexity index is 198. The predicted molar refractivity (Wildman–Crippen MR) is 65.3 cm³/mol. The van der Waals surface area contributed by atoms with E-state index in [2.05, 4.69) is 5.32 Å². The van der Waals surface area contributed by atoms with Crippen molar-refractivity contribution in [2.24, 2.45) is 5.92 Å². The molecule has 0 saturated heterocycles. The van der Waals surface area contributed by atoms with Gasteiger partial charge in [0.05, 0.1) is 13.0 Å². The molecule has 1 N–H and O–H groups in total. The molecule has 0 bridgehead atoms. The molecule has 1 atom stereocenters. The van der Waals surface area contributed by atoms with Gasteiger partial charge in [-0.1, -0.05) is 25.7 Å². The second-order valence-electron chi connectivity index (χ2n) is 4.66. The number of hydrogen-bond donors (Lipinski definition) is 1. The Balaban J connectivity index is 2.41. The van der Waals surface area contributed by atoms with E-state index in [0.717, 1.165) is 0 Å². The molecule has 94 valence electrons. The van der Waals surface area contributed by atoms with Crippen molar-refractivity contribution in [1.29, 1.82) is 0 Å². The Morgan fingerprint density at radius 3 is 2.44 bits per heavy atom. The molecule has 3 nitrogen and oxygen atoms in total. The van der Waals surface area contributed by atoms with Crippen molar-refractivity contribution in [3.05, 3.63) is 0 Å². The molecule has 1 saturated carbocycles. The quantitative estimate of drug-likeness (QED) is 0.579. The van der Waals surface area contributed by atoms with E-state index in [4.69, 9.17) is 4.74 Å². The van der Waals surface area contributed by atoms with E-state index in [1.807, 2.05) is 14.0 Å². The topological polar surface area (TPSA) is 38.3 Å². The van der Waals surface area contributed by atoms with Crippen LogP contribution in [0, 0.1) is 5.92 Å². The van der Waals surface area contributed by atoms with Crippen LogP contribution in [-0.4, -0.2) is 25.7 Å². The first-order chi connectivity index (χ1) is 7.77. The number of nitrogens with one attached hydrogen (secondary N) is 1. The Labute approximate surface area is 98.9 Å². The van der Waals surface area contributed by atoms with Gasteiger partial charge in [0.1, 0.15) is 0 Å². The smallest absolute Gasteiger partial charge is 0.307 e. The summed E-state index contributed by atoms with van der Waals surface area (Å²) in [4.78, 5) is 11.5. The lowest BCUT2D eigenvalue weighted by atomic mass is 9.90. The molecule has 0 spiro atoms. The van der Waals surface area contributed by atoms with Gasteiger partial charge in [-0.15, -0.1) is 0 Å². The van der Waals surface area contributed by atoms with Crippen LogP contribution in [0.4, 0.5) is 0 Å². The van der Waals surface area contributed by atoms with Gasteiger partial charge in [-0.3, -0.25) is 4.79 Å². The monoisotopic (exact) mass is 227 g/mol. The van der Waals surface area contributed by atoms with Gasteiger partial charge in [0, 0.05) is 6.04 Å². The van der Waals surface area contributed by atoms with Crippen molar-refractivity contribution in [3.8, 4) is 0 Å². The van der Waals surface area contributed by atoms with E-state index in [-0.39, 0.29) is 5.97 Å². The van der Waals surface area contributed by atoms with Crippen LogP contribution in [0.3, 0.4) is 0 Å². The standard InChI is InChI=1S/C13H25NO2/c1-3-16-13(15)10-12(14-2)11-8-6-4-5-7-9-11/h11-12,14H,3-10H2,1-2H3. The Morgan fingerprint density at radius 2 is 1.94 bits per heavy atom. The van der Waals surface area contributed by atoms with Crippen molar-refractivity contribution in [2.45, 2.75) is 57.9 Å². The maximum atomic E-state index is 11.5. The van der Waals surface area contributed by atoms with E-state index >= 15 is 0 Å². The number of carbonyl (C=O) groups excluding carboxylic acids is 1. The molecule has 0 heterocycles. The van der Waals surface area contributed by atoms with Crippen LogP contribution in [0.25, 0.3) is 0 Å². The van der Waals surface area contributed by atoms with E-state index < -0.39 is 0 Å². The van der Waals surface area contributed by atoms with Gasteiger partial charge < -0.3 is 10.1 Å². The second kappa shape index (κ2) is 7.66. The summed E-state index contributed by atoms with van der Waals surface area (Å²) in [6.07, 6.45) is 8.36. The van der Waals surface area contributed by atoms with Crippen molar-refractivity contribution in [2.75, 3.05) is 13.7 Å². The highest BCUT2D eigenvalue weighted by atomic mass is 16.5. The average molecular weight is 227 g/mol. The van der Waals surface area contributed by atoms with Gasteiger partial charge in [-0.05, 0) is 32.7 Å². The molecule has 1 rings (SSSR count). The first kappa shape index (κ1) is 13.5. The molecule has 0 aromatic carbocycles. The molecule has 16 heavy (non-hydrogen) atoms. The maximum Gasteiger partial charge on any atom is 0.307 e. The van der Waals surface area contributed by atoms with E-state index in [1.54, 1.807) is 0 Å². The van der Waals surface area contributed by atoms with E-state index in [9.17, 15) is 4.79 Å². The fourth-order valence-electron chi connectivity index (χ4n) is 2.62. The largest absolute Gasteiger partial charge is 0.466 e. The van der Waals surface area contributed by atoms with Gasteiger partial charge in [0.25, 0.3) is 0 Å². The molecule has 3 heteroatoms. The fourth-order valence-corrected chi connectivity index (χ4v) is 2.62. The Morgan fingerprint density at radius 1 is 1.31 bits per heavy atom. The lowest BCUT2D eigenvalue weighted by Gasteiger charge is -2.24. The molecule has 0 aromatic heterocycles. The third-order valence-electron chi connectivity index (χ3n) is 3.53. The normalized spacial score (nSPS) is 20.1. The zero-order chi connectivity index (χ0) is 11.8. The van der Waals surface area contributed by atoms with Gasteiger partial charge in [-0.2, -0.15) is 0 Å². The van der Waals surface area contributed by atoms with Crippen molar-refractivity contribution in [1.82, 2.24) is 5.32 Å².